The zero-order valence-corrected chi connectivity index (χ0v) is 17.7. The van der Waals surface area contributed by atoms with Crippen LogP contribution in [0.3, 0.4) is 0 Å². The van der Waals surface area contributed by atoms with Crippen molar-refractivity contribution in [1.82, 2.24) is 0 Å². The monoisotopic (exact) mass is 374 g/mol. The molecule has 0 spiro atoms. The van der Waals surface area contributed by atoms with Crippen molar-refractivity contribution in [2.24, 2.45) is 0 Å². The van der Waals surface area contributed by atoms with E-state index in [4.69, 9.17) is 0 Å². The van der Waals surface area contributed by atoms with Gasteiger partial charge < -0.3 is 10.2 Å². The molecule has 1 unspecified atom stereocenters. The molecule has 1 aliphatic rings. The van der Waals surface area contributed by atoms with Crippen molar-refractivity contribution in [3.8, 4) is 11.5 Å². The van der Waals surface area contributed by atoms with Crippen LogP contribution in [0.2, 0.25) is 0 Å². The van der Waals surface area contributed by atoms with Crippen LogP contribution in [0.5, 0.6) is 11.5 Å². The summed E-state index contributed by atoms with van der Waals surface area (Å²) >= 11 is 0. The maximum Gasteiger partial charge on any atom is 0.133 e. The van der Waals surface area contributed by atoms with E-state index in [1.54, 1.807) is 18.2 Å². The van der Waals surface area contributed by atoms with Crippen molar-refractivity contribution in [2.75, 3.05) is 0 Å². The Morgan fingerprint density at radius 1 is 1.19 bits per heavy atom. The number of carbonyl (C=O) groups is 1. The second-order valence-electron chi connectivity index (χ2n) is 8.36. The Hall–Kier alpha value is -1.77. The molecule has 0 aromatic heterocycles. The summed E-state index contributed by atoms with van der Waals surface area (Å²) in [5.41, 5.74) is 1.46. The van der Waals surface area contributed by atoms with Gasteiger partial charge in [-0.25, -0.2) is 0 Å². The average Bonchev–Trinajstić information content (AvgIpc) is 2.59. The van der Waals surface area contributed by atoms with E-state index in [9.17, 15) is 15.0 Å². The van der Waals surface area contributed by atoms with Gasteiger partial charge in [-0.15, -0.1) is 6.58 Å². The lowest BCUT2D eigenvalue weighted by atomic mass is 9.77. The zero-order chi connectivity index (χ0) is 20.4. The predicted molar refractivity (Wildman–Crippen MR) is 114 cm³/mol. The highest BCUT2D eigenvalue weighted by Gasteiger charge is 2.28. The van der Waals surface area contributed by atoms with E-state index in [0.717, 1.165) is 31.2 Å². The highest BCUT2D eigenvalue weighted by atomic mass is 16.3. The molecule has 0 aliphatic heterocycles. The van der Waals surface area contributed by atoms with Crippen LogP contribution in [0.1, 0.15) is 103 Å². The number of aromatic hydroxyl groups is 2. The lowest BCUT2D eigenvalue weighted by Crippen LogP contribution is -2.18. The lowest BCUT2D eigenvalue weighted by Gasteiger charge is -2.28. The molecule has 27 heavy (non-hydrogen) atoms. The quantitative estimate of drug-likeness (QED) is 0.409. The van der Waals surface area contributed by atoms with Crippen molar-refractivity contribution in [1.29, 1.82) is 0 Å². The molecular formula is C24H38O3. The van der Waals surface area contributed by atoms with E-state index in [2.05, 4.69) is 27.4 Å². The van der Waals surface area contributed by atoms with Gasteiger partial charge in [0.05, 0.1) is 0 Å². The van der Waals surface area contributed by atoms with Crippen LogP contribution in [-0.4, -0.2) is 16.0 Å². The molecule has 3 nitrogen and oxygen atoms in total. The first-order valence-corrected chi connectivity index (χ1v) is 10.4. The Labute approximate surface area is 165 Å². The van der Waals surface area contributed by atoms with Crippen LogP contribution in [0.25, 0.3) is 0 Å². The number of hydrogen-bond donors (Lipinski definition) is 2. The average molecular weight is 375 g/mol. The highest BCUT2D eigenvalue weighted by Crippen LogP contribution is 2.44. The number of carbonyl (C=O) groups excluding carboxylic acids is 1. The Morgan fingerprint density at radius 3 is 2.30 bits per heavy atom. The van der Waals surface area contributed by atoms with E-state index in [-0.39, 0.29) is 28.6 Å². The van der Waals surface area contributed by atoms with Crippen LogP contribution in [-0.2, 0) is 10.2 Å². The summed E-state index contributed by atoms with van der Waals surface area (Å²) in [6.45, 7) is 11.8. The Balaban J connectivity index is 0.00000114. The van der Waals surface area contributed by atoms with Gasteiger partial charge in [-0.05, 0) is 55.2 Å². The Morgan fingerprint density at radius 2 is 1.78 bits per heavy atom. The molecule has 0 amide bonds. The van der Waals surface area contributed by atoms with Gasteiger partial charge >= 0.3 is 0 Å². The predicted octanol–water partition coefficient (Wildman–Crippen LogP) is 6.76. The molecular weight excluding hydrogens is 336 g/mol. The van der Waals surface area contributed by atoms with Gasteiger partial charge in [0.1, 0.15) is 17.3 Å². The SMILES string of the molecule is C=CC.CCCCCCC(C)(C)c1cc(O)c(C2CCCC(=O)C2)c(O)c1. The van der Waals surface area contributed by atoms with Crippen LogP contribution >= 0.6 is 0 Å². The van der Waals surface area contributed by atoms with Gasteiger partial charge in [0, 0.05) is 18.4 Å². The van der Waals surface area contributed by atoms with Gasteiger partial charge in [0.25, 0.3) is 0 Å². The highest BCUT2D eigenvalue weighted by molar-refractivity contribution is 5.80. The maximum atomic E-state index is 11.7. The Bertz CT molecular complexity index is 593. The van der Waals surface area contributed by atoms with Crippen molar-refractivity contribution in [2.45, 2.75) is 96.8 Å². The number of phenols is 2. The van der Waals surface area contributed by atoms with Gasteiger partial charge in [0.15, 0.2) is 0 Å². The van der Waals surface area contributed by atoms with Gasteiger partial charge in [-0.3, -0.25) is 4.79 Å². The lowest BCUT2D eigenvalue weighted by molar-refractivity contribution is -0.120. The minimum absolute atomic E-state index is 0.0482. The van der Waals surface area contributed by atoms with Crippen molar-refractivity contribution >= 4 is 5.78 Å². The first-order valence-electron chi connectivity index (χ1n) is 10.4. The summed E-state index contributed by atoms with van der Waals surface area (Å²) in [5.74, 6) is 0.469. The van der Waals surface area contributed by atoms with Gasteiger partial charge in [-0.2, -0.15) is 0 Å². The summed E-state index contributed by atoms with van der Waals surface area (Å²) in [5, 5.41) is 21.0. The number of allylic oxidation sites excluding steroid dienone is 1. The number of rotatable bonds is 7. The summed E-state index contributed by atoms with van der Waals surface area (Å²) < 4.78 is 0. The molecule has 1 saturated carbocycles. The molecule has 0 bridgehead atoms. The fourth-order valence-corrected chi connectivity index (χ4v) is 3.84. The van der Waals surface area contributed by atoms with Crippen LogP contribution in [0.15, 0.2) is 24.8 Å². The van der Waals surface area contributed by atoms with E-state index < -0.39 is 0 Å². The van der Waals surface area contributed by atoms with Gasteiger partial charge in [-0.1, -0.05) is 52.5 Å². The van der Waals surface area contributed by atoms with Crippen LogP contribution in [0, 0.1) is 0 Å². The number of ketones is 1. The summed E-state index contributed by atoms with van der Waals surface area (Å²) in [4.78, 5) is 11.7. The minimum Gasteiger partial charge on any atom is -0.508 e. The summed E-state index contributed by atoms with van der Waals surface area (Å²) in [7, 11) is 0. The third-order valence-electron chi connectivity index (χ3n) is 5.46. The molecule has 152 valence electrons. The smallest absolute Gasteiger partial charge is 0.133 e. The number of hydrogen-bond acceptors (Lipinski definition) is 3. The number of Topliss-reactive ketones (excluding diaryl/α,β-unsaturated/α-hetero) is 1. The summed E-state index contributed by atoms with van der Waals surface area (Å²) in [6.07, 6.45) is 10.4. The minimum atomic E-state index is -0.0797. The molecule has 2 N–H and O–H groups in total. The summed E-state index contributed by atoms with van der Waals surface area (Å²) in [6, 6.07) is 3.60. The molecule has 0 radical (unpaired) electrons. The van der Waals surface area contributed by atoms with Crippen molar-refractivity contribution in [3.05, 3.63) is 35.9 Å². The normalized spacial score (nSPS) is 17.2. The fraction of sp³-hybridized carbons (Fsp3) is 0.625. The second kappa shape index (κ2) is 11.2. The van der Waals surface area contributed by atoms with E-state index in [1.807, 2.05) is 6.92 Å². The first-order chi connectivity index (χ1) is 12.8. The third kappa shape index (κ3) is 7.04. The molecule has 3 heteroatoms. The molecule has 2 rings (SSSR count). The largest absolute Gasteiger partial charge is 0.508 e. The van der Waals surface area contributed by atoms with E-state index in [0.29, 0.717) is 18.4 Å². The zero-order valence-electron chi connectivity index (χ0n) is 17.7. The number of benzene rings is 1. The van der Waals surface area contributed by atoms with Gasteiger partial charge in [0.2, 0.25) is 0 Å². The molecule has 1 atom stereocenters. The number of unbranched alkanes of at least 4 members (excludes halogenated alkanes) is 3. The first kappa shape index (κ1) is 23.3. The Kier molecular flexibility index (Phi) is 9.62. The van der Waals surface area contributed by atoms with Crippen LogP contribution in [0.4, 0.5) is 0 Å². The van der Waals surface area contributed by atoms with Crippen molar-refractivity contribution in [3.63, 3.8) is 0 Å². The second-order valence-corrected chi connectivity index (χ2v) is 8.36. The molecule has 0 heterocycles. The molecule has 1 aliphatic carbocycles. The fourth-order valence-electron chi connectivity index (χ4n) is 3.84. The molecule has 1 fully saturated rings. The molecule has 0 saturated heterocycles. The third-order valence-corrected chi connectivity index (χ3v) is 5.46. The van der Waals surface area contributed by atoms with E-state index >= 15 is 0 Å². The number of phenolic OH excluding ortho intramolecular Hbond substituents is 2. The van der Waals surface area contributed by atoms with Crippen LogP contribution < -0.4 is 0 Å². The standard InChI is InChI=1S/C21H32O3.C3H6/c1-4-5-6-7-11-21(2,3)16-13-18(23)20(19(24)14-16)15-9-8-10-17(22)12-15;1-3-2/h13-15,23-24H,4-12H2,1-3H3;3H,1H2,2H3. The maximum absolute atomic E-state index is 11.7. The molecule has 1 aromatic carbocycles. The van der Waals surface area contributed by atoms with Crippen molar-refractivity contribution < 1.29 is 15.0 Å². The molecule has 1 aromatic rings. The topological polar surface area (TPSA) is 57.5 Å². The van der Waals surface area contributed by atoms with E-state index in [1.165, 1.54) is 19.3 Å².